The number of hydrogen-bond acceptors (Lipinski definition) is 19. The van der Waals surface area contributed by atoms with Gasteiger partial charge in [-0.15, -0.1) is 0 Å². The van der Waals surface area contributed by atoms with Crippen molar-refractivity contribution in [1.29, 1.82) is 0 Å². The third-order valence-corrected chi connectivity index (χ3v) is 20.1. The van der Waals surface area contributed by atoms with E-state index in [0.717, 1.165) is 62.0 Å². The van der Waals surface area contributed by atoms with Gasteiger partial charge in [-0.25, -0.2) is 24.3 Å². The molecule has 23 heteroatoms. The first-order chi connectivity index (χ1) is 32.0. The van der Waals surface area contributed by atoms with Gasteiger partial charge < -0.3 is 45.1 Å². The zero-order valence-corrected chi connectivity index (χ0v) is 39.9. The van der Waals surface area contributed by atoms with Crippen molar-refractivity contribution >= 4 is 41.1 Å². The van der Waals surface area contributed by atoms with E-state index in [9.17, 15) is 39.4 Å². The summed E-state index contributed by atoms with van der Waals surface area (Å²) in [5.74, 6) is 1.26. The Balaban J connectivity index is 0.869. The minimum Gasteiger partial charge on any atom is -0.454 e. The van der Waals surface area contributed by atoms with Gasteiger partial charge in [-0.3, -0.25) is 32.8 Å². The van der Waals surface area contributed by atoms with E-state index in [-0.39, 0.29) is 47.4 Å². The molecular weight excluding hydrogens is 914 g/mol. The molecule has 0 spiro atoms. The summed E-state index contributed by atoms with van der Waals surface area (Å²) in [6.45, 7) is 1.54. The molecule has 4 aliphatic carbocycles. The predicted molar refractivity (Wildman–Crippen MR) is 241 cm³/mol. The Morgan fingerprint density at radius 2 is 1.84 bits per heavy atom. The quantitative estimate of drug-likeness (QED) is 0.0720. The minimum absolute atomic E-state index is 0.0501. The number of imidazole rings is 1. The van der Waals surface area contributed by atoms with Gasteiger partial charge in [-0.1, -0.05) is 20.8 Å². The van der Waals surface area contributed by atoms with E-state index in [0.29, 0.717) is 52.6 Å². The van der Waals surface area contributed by atoms with Gasteiger partial charge in [0, 0.05) is 43.6 Å². The Kier molecular flexibility index (Phi) is 13.9. The van der Waals surface area contributed by atoms with Gasteiger partial charge >= 0.3 is 18.5 Å². The van der Waals surface area contributed by atoms with Gasteiger partial charge in [-0.2, -0.15) is 0 Å². The van der Waals surface area contributed by atoms with E-state index in [4.69, 9.17) is 33.7 Å². The van der Waals surface area contributed by atoms with Crippen LogP contribution in [0.4, 0.5) is 5.82 Å². The number of fused-ring (bicyclic) bond motifs is 6. The van der Waals surface area contributed by atoms with E-state index >= 15 is 0 Å². The number of nitrogens with one attached hydrogen (secondary N) is 1. The van der Waals surface area contributed by atoms with Crippen LogP contribution in [0.5, 0.6) is 0 Å². The number of H-pyrrole nitrogens is 1. The lowest BCUT2D eigenvalue weighted by Gasteiger charge is -2.62. The molecule has 18 atom stereocenters. The maximum absolute atomic E-state index is 15.0. The van der Waals surface area contributed by atoms with E-state index in [2.05, 4.69) is 40.7 Å². The molecule has 6 fully saturated rings. The van der Waals surface area contributed by atoms with Gasteiger partial charge in [0.25, 0.3) is 5.56 Å². The molecule has 13 unspecified atom stereocenters. The number of aromatic amines is 1. The lowest BCUT2D eigenvalue weighted by Crippen LogP contribution is -2.58. The molecule has 0 radical (unpaired) electrons. The minimum atomic E-state index is -4.60. The first-order valence-corrected chi connectivity index (χ1v) is 26.6. The normalized spacial score (nSPS) is 39.6. The molecule has 0 aromatic carbocycles. The van der Waals surface area contributed by atoms with Crippen molar-refractivity contribution in [2.45, 2.75) is 147 Å². The van der Waals surface area contributed by atoms with Gasteiger partial charge in [0.2, 0.25) is 0 Å². The molecular formula is C44H64N7O14PS. The van der Waals surface area contributed by atoms with E-state index in [1.54, 1.807) is 0 Å². The van der Waals surface area contributed by atoms with Crippen molar-refractivity contribution in [2.75, 3.05) is 25.4 Å². The monoisotopic (exact) mass is 977 g/mol. The van der Waals surface area contributed by atoms with Crippen molar-refractivity contribution in [3.63, 3.8) is 0 Å². The van der Waals surface area contributed by atoms with E-state index in [1.165, 1.54) is 30.5 Å². The van der Waals surface area contributed by atoms with E-state index < -0.39 is 85.8 Å². The topological polar surface area (TPSA) is 295 Å². The number of nitrogens with two attached hydrogens (primary N) is 1. The van der Waals surface area contributed by atoms with Gasteiger partial charge in [-0.05, 0) is 104 Å². The highest BCUT2D eigenvalue weighted by Crippen LogP contribution is 2.69. The van der Waals surface area contributed by atoms with Crippen LogP contribution < -0.4 is 17.0 Å². The number of carbonyl (C=O) groups excluding carboxylic acids is 1. The average Bonchev–Trinajstić information content (AvgIpc) is 4.07. The van der Waals surface area contributed by atoms with Crippen LogP contribution in [0.25, 0.3) is 11.2 Å². The molecule has 4 saturated carbocycles. The van der Waals surface area contributed by atoms with Gasteiger partial charge in [0.15, 0.2) is 24.0 Å². The molecule has 3 aromatic rings. The number of anilines is 1. The average molecular weight is 978 g/mol. The predicted octanol–water partition coefficient (Wildman–Crippen LogP) is 3.62. The number of methoxy groups -OCH3 is 1. The fourth-order valence-corrected chi connectivity index (χ4v) is 16.3. The number of aliphatic hydroxyl groups excluding tert-OH is 4. The highest BCUT2D eigenvalue weighted by atomic mass is 32.7. The third-order valence-electron chi connectivity index (χ3n) is 16.8. The molecule has 9 rings (SSSR count). The summed E-state index contributed by atoms with van der Waals surface area (Å²) in [4.78, 5) is 52.7. The van der Waals surface area contributed by atoms with Crippen molar-refractivity contribution in [2.24, 2.45) is 46.3 Å². The Hall–Kier alpha value is -3.28. The Labute approximate surface area is 391 Å². The molecule has 0 bridgehead atoms. The summed E-state index contributed by atoms with van der Waals surface area (Å²) < 4.78 is 53.1. The van der Waals surface area contributed by atoms with Crippen LogP contribution in [0.15, 0.2) is 34.5 Å². The number of hydrogen-bond donors (Lipinski definition) is 6. The van der Waals surface area contributed by atoms with Crippen molar-refractivity contribution in [3.05, 3.63) is 45.8 Å². The molecule has 370 valence electrons. The summed E-state index contributed by atoms with van der Waals surface area (Å²) in [6.07, 6.45) is 2.57. The number of aromatic nitrogens is 6. The summed E-state index contributed by atoms with van der Waals surface area (Å²) in [5.41, 5.74) is 4.98. The third kappa shape index (κ3) is 8.95. The lowest BCUT2D eigenvalue weighted by molar-refractivity contribution is -0.175. The maximum Gasteiger partial charge on any atom is 0.395 e. The zero-order chi connectivity index (χ0) is 47.6. The number of nitrogens with zero attached hydrogens (tertiary/aromatic N) is 5. The second-order valence-corrected chi connectivity index (χ2v) is 24.0. The standard InChI is InChI=1S/C44H64N7O14PS/c1-22(26-8-9-27-25-7-6-23-15-24(53)11-13-43(23,2)28(25)16-31(55)44(26,27)3)5-10-34(57)61-21-67-66(59,64-36-30(18-52)62-40(37(36)60-4)50-14-12-32(56)49-42(50)58)65-41-29(54)17-33(63-41)51-20-48-35-38(45)46-19-47-39(35)51/h12,14,19-20,22-31,33,36-37,40-41,52-55H,5-11,13,15-18,21H2,1-4H3,(H2,45,46,47)(H,49,56,58)/t22?,23?,24?,25?,26?,27?,28?,29?,30-,31?,33-,36?,37+,40-,41-,43?,44?,66?/m1/s1. The maximum atomic E-state index is 15.0. The van der Waals surface area contributed by atoms with Crippen LogP contribution in [-0.2, 0) is 37.4 Å². The highest BCUT2D eigenvalue weighted by molar-refractivity contribution is 8.55. The van der Waals surface area contributed by atoms with Crippen LogP contribution in [0.2, 0.25) is 0 Å². The first kappa shape index (κ1) is 48.7. The molecule has 6 aliphatic rings. The number of rotatable bonds is 15. The molecule has 2 saturated heterocycles. The summed E-state index contributed by atoms with van der Waals surface area (Å²) in [7, 11) is 1.29. The van der Waals surface area contributed by atoms with Gasteiger partial charge in [0.1, 0.15) is 48.4 Å². The SMILES string of the molecule is CO[C@H]1C(OP(=O)(O[C@H]2O[C@@H](n3cnc4c(N)ncnc43)CC2O)SCOC(=O)CCC(C)C2CCC3C4CCC5CC(O)CCC5(C)C4CC(O)C23C)[C@@H](CO)O[C@H]1n1ccc(=O)[nH]c1=O. The van der Waals surface area contributed by atoms with Crippen LogP contribution in [0.1, 0.15) is 104 Å². The lowest BCUT2D eigenvalue weighted by atomic mass is 9.43. The largest absolute Gasteiger partial charge is 0.454 e. The first-order valence-electron chi connectivity index (χ1n) is 23.5. The second kappa shape index (κ2) is 19.1. The highest BCUT2D eigenvalue weighted by Gasteiger charge is 2.64. The Bertz CT molecular complexity index is 2440. The molecule has 21 nitrogen and oxygen atoms in total. The summed E-state index contributed by atoms with van der Waals surface area (Å²) >= 11 is 0.515. The Morgan fingerprint density at radius 1 is 1.03 bits per heavy atom. The van der Waals surface area contributed by atoms with Crippen molar-refractivity contribution in [1.82, 2.24) is 29.1 Å². The smallest absolute Gasteiger partial charge is 0.395 e. The molecule has 7 N–H and O–H groups in total. The summed E-state index contributed by atoms with van der Waals surface area (Å²) in [5, 5.41) is 44.1. The van der Waals surface area contributed by atoms with Crippen molar-refractivity contribution < 1.29 is 57.8 Å². The molecule has 3 aromatic heterocycles. The number of ether oxygens (including phenoxy) is 4. The van der Waals surface area contributed by atoms with Crippen LogP contribution in [-0.4, -0.2) is 118 Å². The fraction of sp³-hybridized carbons (Fsp3) is 0.773. The molecule has 5 heterocycles. The van der Waals surface area contributed by atoms with Crippen LogP contribution >= 0.6 is 18.2 Å². The van der Waals surface area contributed by atoms with Crippen molar-refractivity contribution in [3.8, 4) is 0 Å². The number of esters is 1. The summed E-state index contributed by atoms with van der Waals surface area (Å²) in [6, 6.07) is 1.10. The number of nitrogen functional groups attached to an aromatic ring is 1. The van der Waals surface area contributed by atoms with Crippen LogP contribution in [0.3, 0.4) is 0 Å². The molecule has 2 aliphatic heterocycles. The molecule has 0 amide bonds. The van der Waals surface area contributed by atoms with E-state index in [1.807, 2.05) is 0 Å². The zero-order valence-electron chi connectivity index (χ0n) is 38.2. The number of aliphatic hydroxyl groups is 4. The number of carbonyl (C=O) groups is 1. The van der Waals surface area contributed by atoms with Gasteiger partial charge in [0.05, 0.1) is 25.1 Å². The van der Waals surface area contributed by atoms with Crippen LogP contribution in [0, 0.1) is 46.3 Å². The second-order valence-electron chi connectivity index (χ2n) is 20.1. The fourth-order valence-electron chi connectivity index (χ4n) is 13.4. The Morgan fingerprint density at radius 3 is 2.60 bits per heavy atom. The molecule has 67 heavy (non-hydrogen) atoms.